The number of hydrogen-bond donors (Lipinski definition) is 1. The number of ether oxygens (including phenoxy) is 1. The lowest BCUT2D eigenvalue weighted by molar-refractivity contribution is -0.0504. The molecule has 0 radical (unpaired) electrons. The van der Waals surface area contributed by atoms with Gasteiger partial charge in [0.15, 0.2) is 0 Å². The summed E-state index contributed by atoms with van der Waals surface area (Å²) in [7, 11) is 0. The van der Waals surface area contributed by atoms with Crippen molar-refractivity contribution in [3.05, 3.63) is 23.8 Å². The molecule has 1 aromatic rings. The van der Waals surface area contributed by atoms with Crippen LogP contribution in [0.5, 0.6) is 5.75 Å². The average molecular weight is 278 g/mol. The number of benzene rings is 1. The largest absolute Gasteiger partial charge is 0.435 e. The lowest BCUT2D eigenvalue weighted by Gasteiger charge is -2.11. The Hall–Kier alpha value is -0.420. The third-order valence-electron chi connectivity index (χ3n) is 2.13. The number of thiol groups is 1. The van der Waals surface area contributed by atoms with Gasteiger partial charge in [-0.05, 0) is 35.9 Å². The zero-order valence-corrected chi connectivity index (χ0v) is 11.4. The third-order valence-corrected chi connectivity index (χ3v) is 3.65. The third kappa shape index (κ3) is 5.17. The van der Waals surface area contributed by atoms with E-state index in [1.165, 1.54) is 0 Å². The molecule has 17 heavy (non-hydrogen) atoms. The standard InChI is InChI=1S/C12H16F2OS2/c1-2-3-9-8-10(17-7-6-16)4-5-11(9)15-12(13)14/h4-5,8,12,16H,2-3,6-7H2,1H3. The second kappa shape index (κ2) is 7.82. The van der Waals surface area contributed by atoms with Crippen molar-refractivity contribution in [3.8, 4) is 5.75 Å². The summed E-state index contributed by atoms with van der Waals surface area (Å²) in [5.41, 5.74) is 0.844. The molecule has 0 atom stereocenters. The predicted octanol–water partition coefficient (Wildman–Crippen LogP) is 4.26. The van der Waals surface area contributed by atoms with Crippen molar-refractivity contribution >= 4 is 24.4 Å². The van der Waals surface area contributed by atoms with Gasteiger partial charge in [-0.15, -0.1) is 11.8 Å². The molecular formula is C12H16F2OS2. The molecule has 0 amide bonds. The van der Waals surface area contributed by atoms with Crippen LogP contribution in [0.3, 0.4) is 0 Å². The lowest BCUT2D eigenvalue weighted by Crippen LogP contribution is -2.04. The van der Waals surface area contributed by atoms with Crippen molar-refractivity contribution in [2.75, 3.05) is 11.5 Å². The second-order valence-corrected chi connectivity index (χ2v) is 5.09. The highest BCUT2D eigenvalue weighted by atomic mass is 32.2. The van der Waals surface area contributed by atoms with E-state index in [1.807, 2.05) is 19.1 Å². The summed E-state index contributed by atoms with van der Waals surface area (Å²) in [6.07, 6.45) is 1.65. The van der Waals surface area contributed by atoms with Gasteiger partial charge in [0.25, 0.3) is 0 Å². The van der Waals surface area contributed by atoms with E-state index in [2.05, 4.69) is 17.4 Å². The fraction of sp³-hybridized carbons (Fsp3) is 0.500. The fourth-order valence-corrected chi connectivity index (χ4v) is 2.48. The maximum absolute atomic E-state index is 12.2. The quantitative estimate of drug-likeness (QED) is 0.589. The van der Waals surface area contributed by atoms with E-state index < -0.39 is 6.61 Å². The molecule has 0 fully saturated rings. The van der Waals surface area contributed by atoms with Gasteiger partial charge >= 0.3 is 6.61 Å². The van der Waals surface area contributed by atoms with Gasteiger partial charge in [-0.3, -0.25) is 0 Å². The zero-order valence-electron chi connectivity index (χ0n) is 9.66. The van der Waals surface area contributed by atoms with E-state index in [-0.39, 0.29) is 5.75 Å². The van der Waals surface area contributed by atoms with E-state index in [0.717, 1.165) is 34.8 Å². The minimum atomic E-state index is -2.76. The molecule has 0 saturated carbocycles. The molecule has 0 N–H and O–H groups in total. The van der Waals surface area contributed by atoms with Crippen LogP contribution in [0.4, 0.5) is 8.78 Å². The monoisotopic (exact) mass is 278 g/mol. The Labute approximate surface area is 110 Å². The second-order valence-electron chi connectivity index (χ2n) is 3.47. The van der Waals surface area contributed by atoms with Crippen LogP contribution in [0, 0.1) is 0 Å². The first-order chi connectivity index (χ1) is 8.17. The highest BCUT2D eigenvalue weighted by molar-refractivity contribution is 8.00. The minimum Gasteiger partial charge on any atom is -0.435 e. The molecule has 5 heteroatoms. The highest BCUT2D eigenvalue weighted by Crippen LogP contribution is 2.28. The van der Waals surface area contributed by atoms with Crippen molar-refractivity contribution in [2.45, 2.75) is 31.3 Å². The molecule has 0 aromatic heterocycles. The van der Waals surface area contributed by atoms with Crippen LogP contribution in [0.15, 0.2) is 23.1 Å². The summed E-state index contributed by atoms with van der Waals surface area (Å²) < 4.78 is 28.9. The fourth-order valence-electron chi connectivity index (χ4n) is 1.48. The molecule has 1 nitrogen and oxygen atoms in total. The van der Waals surface area contributed by atoms with E-state index in [9.17, 15) is 8.78 Å². The normalized spacial score (nSPS) is 10.9. The summed E-state index contributed by atoms with van der Waals surface area (Å²) >= 11 is 5.81. The Bertz CT molecular complexity index is 345. The molecule has 96 valence electrons. The number of halogens is 2. The van der Waals surface area contributed by atoms with Crippen LogP contribution in [0.25, 0.3) is 0 Å². The van der Waals surface area contributed by atoms with E-state index in [4.69, 9.17) is 0 Å². The summed E-state index contributed by atoms with van der Waals surface area (Å²) in [6.45, 7) is -0.749. The van der Waals surface area contributed by atoms with Gasteiger partial charge in [0, 0.05) is 10.6 Å². The summed E-state index contributed by atoms with van der Waals surface area (Å²) in [5.74, 6) is 1.99. The van der Waals surface area contributed by atoms with Crippen LogP contribution in [-0.4, -0.2) is 18.1 Å². The smallest absolute Gasteiger partial charge is 0.387 e. The Balaban J connectivity index is 2.83. The molecule has 0 saturated heterocycles. The molecule has 0 unspecified atom stereocenters. The molecule has 0 spiro atoms. The van der Waals surface area contributed by atoms with Gasteiger partial charge in [-0.2, -0.15) is 21.4 Å². The number of alkyl halides is 2. The maximum Gasteiger partial charge on any atom is 0.387 e. The summed E-state index contributed by atoms with van der Waals surface area (Å²) in [5, 5.41) is 0. The van der Waals surface area contributed by atoms with Gasteiger partial charge in [0.2, 0.25) is 0 Å². The van der Waals surface area contributed by atoms with Crippen molar-refractivity contribution in [1.82, 2.24) is 0 Å². The van der Waals surface area contributed by atoms with Crippen LogP contribution in [0.1, 0.15) is 18.9 Å². The SMILES string of the molecule is CCCc1cc(SCCS)ccc1OC(F)F. The minimum absolute atomic E-state index is 0.289. The molecule has 1 aromatic carbocycles. The van der Waals surface area contributed by atoms with Crippen LogP contribution in [0.2, 0.25) is 0 Å². The number of rotatable bonds is 7. The van der Waals surface area contributed by atoms with E-state index >= 15 is 0 Å². The number of hydrogen-bond acceptors (Lipinski definition) is 3. The van der Waals surface area contributed by atoms with Gasteiger partial charge in [0.05, 0.1) is 0 Å². The van der Waals surface area contributed by atoms with Crippen LogP contribution < -0.4 is 4.74 Å². The first-order valence-corrected chi connectivity index (χ1v) is 7.10. The van der Waals surface area contributed by atoms with Crippen LogP contribution in [-0.2, 0) is 6.42 Å². The van der Waals surface area contributed by atoms with Gasteiger partial charge in [-0.25, -0.2) is 0 Å². The van der Waals surface area contributed by atoms with Gasteiger partial charge < -0.3 is 4.74 Å². The van der Waals surface area contributed by atoms with Gasteiger partial charge in [-0.1, -0.05) is 13.3 Å². The first-order valence-electron chi connectivity index (χ1n) is 5.48. The Morgan fingerprint density at radius 3 is 2.76 bits per heavy atom. The van der Waals surface area contributed by atoms with Crippen LogP contribution >= 0.6 is 24.4 Å². The highest BCUT2D eigenvalue weighted by Gasteiger charge is 2.10. The van der Waals surface area contributed by atoms with Crippen molar-refractivity contribution < 1.29 is 13.5 Å². The molecule has 0 heterocycles. The molecule has 1 rings (SSSR count). The average Bonchev–Trinajstić information content (AvgIpc) is 2.29. The topological polar surface area (TPSA) is 9.23 Å². The van der Waals surface area contributed by atoms with Crippen molar-refractivity contribution in [1.29, 1.82) is 0 Å². The van der Waals surface area contributed by atoms with Gasteiger partial charge in [0.1, 0.15) is 5.75 Å². The zero-order chi connectivity index (χ0) is 12.7. The first kappa shape index (κ1) is 14.6. The summed E-state index contributed by atoms with van der Waals surface area (Å²) in [4.78, 5) is 1.07. The molecule has 0 aliphatic rings. The Morgan fingerprint density at radius 1 is 1.41 bits per heavy atom. The molecular weight excluding hydrogens is 262 g/mol. The van der Waals surface area contributed by atoms with E-state index in [1.54, 1.807) is 17.8 Å². The molecule has 0 aliphatic heterocycles. The van der Waals surface area contributed by atoms with Crippen molar-refractivity contribution in [2.24, 2.45) is 0 Å². The Kier molecular flexibility index (Phi) is 6.73. The molecule has 0 aliphatic carbocycles. The lowest BCUT2D eigenvalue weighted by atomic mass is 10.1. The maximum atomic E-state index is 12.2. The summed E-state index contributed by atoms with van der Waals surface area (Å²) in [6, 6.07) is 5.36. The molecule has 0 bridgehead atoms. The van der Waals surface area contributed by atoms with Crippen molar-refractivity contribution in [3.63, 3.8) is 0 Å². The predicted molar refractivity (Wildman–Crippen MR) is 71.6 cm³/mol. The number of aryl methyl sites for hydroxylation is 1. The Morgan fingerprint density at radius 2 is 2.18 bits per heavy atom. The van der Waals surface area contributed by atoms with E-state index in [0.29, 0.717) is 0 Å². The number of thioether (sulfide) groups is 1.